The van der Waals surface area contributed by atoms with Gasteiger partial charge in [-0.1, -0.05) is 0 Å². The summed E-state index contributed by atoms with van der Waals surface area (Å²) in [4.78, 5) is 0. The van der Waals surface area contributed by atoms with Gasteiger partial charge in [0.2, 0.25) is 0 Å². The minimum absolute atomic E-state index is 1.90. The van der Waals surface area contributed by atoms with Crippen molar-refractivity contribution in [3.8, 4) is 0 Å². The molecule has 0 spiro atoms. The van der Waals surface area contributed by atoms with E-state index in [4.69, 9.17) is 0 Å². The summed E-state index contributed by atoms with van der Waals surface area (Å²) < 4.78 is -1.90. The van der Waals surface area contributed by atoms with E-state index < -0.39 is -2.06 Å². The van der Waals surface area contributed by atoms with E-state index in [0.29, 0.717) is 0 Å². The van der Waals surface area contributed by atoms with E-state index in [9.17, 15) is 0 Å². The van der Waals surface area contributed by atoms with Crippen LogP contribution in [0, 0.1) is 0 Å². The molecule has 0 aromatic rings. The van der Waals surface area contributed by atoms with Gasteiger partial charge in [-0.25, -0.2) is 0 Å². The molecule has 6 heavy (non-hydrogen) atoms. The van der Waals surface area contributed by atoms with Crippen LogP contribution in [0.1, 0.15) is 0 Å². The van der Waals surface area contributed by atoms with Crippen LogP contribution in [0.4, 0.5) is 0 Å². The molecule has 0 aromatic carbocycles. The molecule has 0 aliphatic heterocycles. The SMILES string of the molecule is [I][Po]([I])([I])([I])[I]. The zero-order valence-corrected chi connectivity index (χ0v) is 16.3. The molecule has 0 saturated heterocycles. The van der Waals surface area contributed by atoms with Gasteiger partial charge < -0.3 is 0 Å². The fourth-order valence-electron chi connectivity index (χ4n) is 0. The Bertz CT molecular complexity index is 37.1. The van der Waals surface area contributed by atoms with Crippen molar-refractivity contribution in [2.45, 2.75) is 0 Å². The van der Waals surface area contributed by atoms with Crippen molar-refractivity contribution in [2.24, 2.45) is 0 Å². The quantitative estimate of drug-likeness (QED) is 0.324. The normalized spacial score (nSPS) is 19.2. The Morgan fingerprint density at radius 1 is 0.667 bits per heavy atom. The molecule has 0 atom stereocenters. The molecule has 6 heteroatoms. The van der Waals surface area contributed by atoms with Gasteiger partial charge in [-0.3, -0.25) is 0 Å². The summed E-state index contributed by atoms with van der Waals surface area (Å²) in [5, 5.41) is 0. The van der Waals surface area contributed by atoms with Crippen LogP contribution in [0.25, 0.3) is 0 Å². The van der Waals surface area contributed by atoms with Crippen LogP contribution in [0.3, 0.4) is 0 Å². The summed E-state index contributed by atoms with van der Waals surface area (Å²) in [6, 6.07) is 0. The zero-order chi connectivity index (χ0) is 5.45. The summed E-state index contributed by atoms with van der Waals surface area (Å²) in [5.41, 5.74) is 0. The third kappa shape index (κ3) is 23.5. The molecule has 0 N–H and O–H groups in total. The summed E-state index contributed by atoms with van der Waals surface area (Å²) >= 11 is 12.8. The second-order valence-corrected chi connectivity index (χ2v) is 230. The van der Waals surface area contributed by atoms with Gasteiger partial charge >= 0.3 is 87.7 Å². The van der Waals surface area contributed by atoms with Gasteiger partial charge in [0.05, 0.1) is 0 Å². The fraction of sp³-hybridized carbons (Fsp3) is 0. The van der Waals surface area contributed by atoms with Crippen LogP contribution in [-0.4, -0.2) is -2.06 Å². The molecule has 0 heterocycles. The molecule has 0 nitrogen and oxygen atoms in total. The average molecular weight is 844 g/mol. The molecule has 0 unspecified atom stereocenters. The summed E-state index contributed by atoms with van der Waals surface area (Å²) in [7, 11) is 0. The molecule has 0 fully saturated rings. The van der Waals surface area contributed by atoms with Gasteiger partial charge in [0, 0.05) is 0 Å². The van der Waals surface area contributed by atoms with E-state index in [1.54, 1.807) is 0 Å². The Balaban J connectivity index is 3.73. The Morgan fingerprint density at radius 2 is 0.667 bits per heavy atom. The Labute approximate surface area is 83.9 Å². The second-order valence-electron chi connectivity index (χ2n) is 0.583. The van der Waals surface area contributed by atoms with Crippen molar-refractivity contribution < 1.29 is 0 Å². The van der Waals surface area contributed by atoms with Gasteiger partial charge in [0.1, 0.15) is 0 Å². The fourth-order valence-corrected chi connectivity index (χ4v) is 0. The van der Waals surface area contributed by atoms with Crippen LogP contribution in [-0.2, 0) is 0 Å². The average Bonchev–Trinajstić information content (AvgIpc) is 0.650. The molecule has 41 valence electrons. The van der Waals surface area contributed by atoms with Crippen molar-refractivity contribution >= 4 is 87.7 Å². The van der Waals surface area contributed by atoms with E-state index in [1.807, 2.05) is 0 Å². The third-order valence-corrected chi connectivity index (χ3v) is 0. The molecular formula is I5Po. The first-order valence-corrected chi connectivity index (χ1v) is 45.4. The maximum absolute atomic E-state index is 2.57. The van der Waals surface area contributed by atoms with Crippen LogP contribution in [0.2, 0.25) is 0 Å². The van der Waals surface area contributed by atoms with Crippen LogP contribution < -0.4 is 0 Å². The molecule has 0 amide bonds. The number of halogens is 5. The van der Waals surface area contributed by atoms with Gasteiger partial charge in [0.15, 0.2) is 0 Å². The maximum atomic E-state index is 2.57. The first-order valence-electron chi connectivity index (χ1n) is 0.772. The van der Waals surface area contributed by atoms with E-state index in [1.165, 1.54) is 0 Å². The predicted octanol–water partition coefficient (Wildman–Crippen LogP) is 4.05. The first kappa shape index (κ1) is 10.5. The molecule has 0 aliphatic rings. The standard InChI is InChI=1S/5HI.Po/h5*1H;/q;;;;;+5/p-5. The Hall–Kier alpha value is 4.55. The monoisotopic (exact) mass is 844 g/mol. The van der Waals surface area contributed by atoms with E-state index >= 15 is 0 Å². The summed E-state index contributed by atoms with van der Waals surface area (Å²) in [5.74, 6) is 0. The molecule has 0 bridgehead atoms. The van der Waals surface area contributed by atoms with Gasteiger partial charge in [-0.05, 0) is 0 Å². The van der Waals surface area contributed by atoms with Crippen molar-refractivity contribution in [3.63, 3.8) is 0 Å². The van der Waals surface area contributed by atoms with Crippen LogP contribution in [0.15, 0.2) is 0 Å². The van der Waals surface area contributed by atoms with Crippen molar-refractivity contribution in [1.29, 1.82) is 0 Å². The Kier molecular flexibility index (Phi) is 5.79. The van der Waals surface area contributed by atoms with Gasteiger partial charge in [0.25, 0.3) is 0 Å². The molecular weight excluding hydrogens is 844 g/mol. The summed E-state index contributed by atoms with van der Waals surface area (Å²) in [6.45, 7) is 0. The van der Waals surface area contributed by atoms with E-state index in [-0.39, 0.29) is 0 Å². The zero-order valence-electron chi connectivity index (χ0n) is 2.30. The predicted molar refractivity (Wildman–Crippen MR) is 75.9 cm³/mol. The molecule has 0 aromatic heterocycles. The van der Waals surface area contributed by atoms with Crippen molar-refractivity contribution in [1.82, 2.24) is 0 Å². The molecule has 0 saturated carbocycles. The van der Waals surface area contributed by atoms with Crippen LogP contribution in [0.5, 0.6) is 0 Å². The Morgan fingerprint density at radius 3 is 0.667 bits per heavy atom. The van der Waals surface area contributed by atoms with Crippen molar-refractivity contribution in [3.05, 3.63) is 0 Å². The first-order chi connectivity index (χ1) is 2.24. The van der Waals surface area contributed by atoms with E-state index in [0.717, 1.165) is 0 Å². The number of hydrogen-bond donors (Lipinski definition) is 0. The van der Waals surface area contributed by atoms with Gasteiger partial charge in [-0.2, -0.15) is 0 Å². The molecule has 1 radical (unpaired) electrons. The molecule has 0 rings (SSSR count). The van der Waals surface area contributed by atoms with Crippen molar-refractivity contribution in [2.75, 3.05) is 0 Å². The van der Waals surface area contributed by atoms with Crippen LogP contribution >= 0.6 is 89.8 Å². The third-order valence-electron chi connectivity index (χ3n) is 0. The second kappa shape index (κ2) is 3.30. The molecule has 0 aliphatic carbocycles. The topological polar surface area (TPSA) is 0 Å². The minimum atomic E-state index is -1.90. The van der Waals surface area contributed by atoms with E-state index in [2.05, 4.69) is 89.8 Å². The summed E-state index contributed by atoms with van der Waals surface area (Å²) in [6.07, 6.45) is 0. The number of hydrogen-bond acceptors (Lipinski definition) is 0. The van der Waals surface area contributed by atoms with Gasteiger partial charge in [-0.15, -0.1) is 0 Å². The number of rotatable bonds is 0.